The van der Waals surface area contributed by atoms with E-state index in [0.29, 0.717) is 13.2 Å². The van der Waals surface area contributed by atoms with Gasteiger partial charge in [-0.3, -0.25) is 4.79 Å². The molecular weight excluding hydrogens is 240 g/mol. The van der Waals surface area contributed by atoms with Gasteiger partial charge in [-0.15, -0.1) is 0 Å². The fourth-order valence-corrected chi connectivity index (χ4v) is 1.71. The van der Waals surface area contributed by atoms with Crippen molar-refractivity contribution in [2.45, 2.75) is 46.3 Å². The van der Waals surface area contributed by atoms with Crippen LogP contribution in [0.25, 0.3) is 0 Å². The number of amides is 1. The SMILES string of the molecule is CCOc1ccccc1CNC(C)C(=O)NC(C)C. The highest BCUT2D eigenvalue weighted by Gasteiger charge is 2.13. The molecule has 0 saturated heterocycles. The Hall–Kier alpha value is -1.55. The second-order valence-corrected chi connectivity index (χ2v) is 4.81. The van der Waals surface area contributed by atoms with Crippen molar-refractivity contribution in [3.63, 3.8) is 0 Å². The molecule has 1 unspecified atom stereocenters. The average molecular weight is 264 g/mol. The quantitative estimate of drug-likeness (QED) is 0.793. The van der Waals surface area contributed by atoms with Gasteiger partial charge in [0, 0.05) is 18.2 Å². The fourth-order valence-electron chi connectivity index (χ4n) is 1.71. The second-order valence-electron chi connectivity index (χ2n) is 4.81. The second kappa shape index (κ2) is 7.79. The smallest absolute Gasteiger partial charge is 0.237 e. The number of carbonyl (C=O) groups is 1. The minimum Gasteiger partial charge on any atom is -0.494 e. The van der Waals surface area contributed by atoms with E-state index >= 15 is 0 Å². The van der Waals surface area contributed by atoms with E-state index in [1.807, 2.05) is 52.0 Å². The van der Waals surface area contributed by atoms with Gasteiger partial charge in [-0.05, 0) is 33.8 Å². The van der Waals surface area contributed by atoms with Crippen LogP contribution in [-0.2, 0) is 11.3 Å². The molecule has 0 aliphatic heterocycles. The molecule has 0 aliphatic rings. The van der Waals surface area contributed by atoms with Crippen molar-refractivity contribution in [3.8, 4) is 5.75 Å². The van der Waals surface area contributed by atoms with Gasteiger partial charge >= 0.3 is 0 Å². The summed E-state index contributed by atoms with van der Waals surface area (Å²) in [5.41, 5.74) is 1.06. The summed E-state index contributed by atoms with van der Waals surface area (Å²) in [6.45, 7) is 8.98. The Morgan fingerprint density at radius 1 is 1.26 bits per heavy atom. The van der Waals surface area contributed by atoms with Crippen LogP contribution in [0, 0.1) is 0 Å². The van der Waals surface area contributed by atoms with Gasteiger partial charge in [0.05, 0.1) is 12.6 Å². The first-order valence-corrected chi connectivity index (χ1v) is 6.79. The molecule has 1 aromatic carbocycles. The van der Waals surface area contributed by atoms with Crippen molar-refractivity contribution in [2.24, 2.45) is 0 Å². The Labute approximate surface area is 115 Å². The molecule has 4 nitrogen and oxygen atoms in total. The Bertz CT molecular complexity index is 405. The van der Waals surface area contributed by atoms with Crippen molar-refractivity contribution in [2.75, 3.05) is 6.61 Å². The number of hydrogen-bond acceptors (Lipinski definition) is 3. The maximum atomic E-state index is 11.8. The van der Waals surface area contributed by atoms with Gasteiger partial charge in [-0.25, -0.2) is 0 Å². The first-order chi connectivity index (χ1) is 9.04. The Kier molecular flexibility index (Phi) is 6.36. The molecule has 106 valence electrons. The number of para-hydroxylation sites is 1. The lowest BCUT2D eigenvalue weighted by Gasteiger charge is -2.17. The van der Waals surface area contributed by atoms with Crippen LogP contribution in [0.15, 0.2) is 24.3 Å². The number of ether oxygens (including phenoxy) is 1. The van der Waals surface area contributed by atoms with Crippen LogP contribution < -0.4 is 15.4 Å². The Morgan fingerprint density at radius 3 is 2.58 bits per heavy atom. The molecule has 0 bridgehead atoms. The Balaban J connectivity index is 2.54. The lowest BCUT2D eigenvalue weighted by molar-refractivity contribution is -0.123. The molecule has 2 N–H and O–H groups in total. The maximum Gasteiger partial charge on any atom is 0.237 e. The predicted octanol–water partition coefficient (Wildman–Crippen LogP) is 2.09. The molecule has 19 heavy (non-hydrogen) atoms. The minimum atomic E-state index is -0.225. The number of nitrogens with one attached hydrogen (secondary N) is 2. The van der Waals surface area contributed by atoms with E-state index in [9.17, 15) is 4.79 Å². The third-order valence-corrected chi connectivity index (χ3v) is 2.70. The molecule has 1 aromatic rings. The van der Waals surface area contributed by atoms with E-state index < -0.39 is 0 Å². The highest BCUT2D eigenvalue weighted by molar-refractivity contribution is 5.81. The lowest BCUT2D eigenvalue weighted by Crippen LogP contribution is -2.44. The molecule has 0 saturated carbocycles. The normalized spacial score (nSPS) is 12.3. The van der Waals surface area contributed by atoms with Gasteiger partial charge in [-0.1, -0.05) is 18.2 Å². The number of carbonyl (C=O) groups excluding carboxylic acids is 1. The summed E-state index contributed by atoms with van der Waals surface area (Å²) in [6, 6.07) is 7.80. The molecule has 0 aromatic heterocycles. The molecule has 0 fully saturated rings. The highest BCUT2D eigenvalue weighted by atomic mass is 16.5. The van der Waals surface area contributed by atoms with E-state index in [-0.39, 0.29) is 18.0 Å². The van der Waals surface area contributed by atoms with Crippen LogP contribution in [0.2, 0.25) is 0 Å². The minimum absolute atomic E-state index is 0.0175. The van der Waals surface area contributed by atoms with Gasteiger partial charge < -0.3 is 15.4 Å². The predicted molar refractivity (Wildman–Crippen MR) is 77.2 cm³/mol. The standard InChI is InChI=1S/C15H24N2O2/c1-5-19-14-9-7-6-8-13(14)10-16-12(4)15(18)17-11(2)3/h6-9,11-12,16H,5,10H2,1-4H3,(H,17,18). The van der Waals surface area contributed by atoms with Crippen LogP contribution in [0.3, 0.4) is 0 Å². The maximum absolute atomic E-state index is 11.8. The van der Waals surface area contributed by atoms with E-state index in [2.05, 4.69) is 10.6 Å². The van der Waals surface area contributed by atoms with E-state index in [0.717, 1.165) is 11.3 Å². The summed E-state index contributed by atoms with van der Waals surface area (Å²) < 4.78 is 5.55. The van der Waals surface area contributed by atoms with Crippen molar-refractivity contribution >= 4 is 5.91 Å². The molecule has 0 aliphatic carbocycles. The number of rotatable bonds is 7. The van der Waals surface area contributed by atoms with Gasteiger partial charge in [0.1, 0.15) is 5.75 Å². The van der Waals surface area contributed by atoms with Crippen molar-refractivity contribution in [1.82, 2.24) is 10.6 Å². The molecule has 0 spiro atoms. The van der Waals surface area contributed by atoms with Gasteiger partial charge in [0.2, 0.25) is 5.91 Å². The van der Waals surface area contributed by atoms with Crippen LogP contribution >= 0.6 is 0 Å². The van der Waals surface area contributed by atoms with Gasteiger partial charge in [0.15, 0.2) is 0 Å². The van der Waals surface area contributed by atoms with Crippen molar-refractivity contribution < 1.29 is 9.53 Å². The Morgan fingerprint density at radius 2 is 1.95 bits per heavy atom. The number of benzene rings is 1. The van der Waals surface area contributed by atoms with Gasteiger partial charge in [0.25, 0.3) is 0 Å². The summed E-state index contributed by atoms with van der Waals surface area (Å²) >= 11 is 0. The third-order valence-electron chi connectivity index (χ3n) is 2.70. The van der Waals surface area contributed by atoms with Crippen molar-refractivity contribution in [1.29, 1.82) is 0 Å². The molecule has 0 radical (unpaired) electrons. The highest BCUT2D eigenvalue weighted by Crippen LogP contribution is 2.17. The van der Waals surface area contributed by atoms with Crippen LogP contribution in [-0.4, -0.2) is 24.6 Å². The molecule has 1 amide bonds. The number of hydrogen-bond donors (Lipinski definition) is 2. The van der Waals surface area contributed by atoms with E-state index in [4.69, 9.17) is 4.74 Å². The summed E-state index contributed by atoms with van der Waals surface area (Å²) in [6.07, 6.45) is 0. The zero-order valence-corrected chi connectivity index (χ0v) is 12.2. The summed E-state index contributed by atoms with van der Waals surface area (Å²) in [7, 11) is 0. The van der Waals surface area contributed by atoms with E-state index in [1.165, 1.54) is 0 Å². The zero-order valence-electron chi connectivity index (χ0n) is 12.2. The van der Waals surface area contributed by atoms with Crippen LogP contribution in [0.4, 0.5) is 0 Å². The first kappa shape index (κ1) is 15.5. The summed E-state index contributed by atoms with van der Waals surface area (Å²) in [4.78, 5) is 11.8. The fraction of sp³-hybridized carbons (Fsp3) is 0.533. The summed E-state index contributed by atoms with van der Waals surface area (Å²) in [5.74, 6) is 0.887. The molecule has 1 rings (SSSR count). The van der Waals surface area contributed by atoms with Gasteiger partial charge in [-0.2, -0.15) is 0 Å². The van der Waals surface area contributed by atoms with Crippen molar-refractivity contribution in [3.05, 3.63) is 29.8 Å². The van der Waals surface area contributed by atoms with Crippen LogP contribution in [0.1, 0.15) is 33.3 Å². The summed E-state index contributed by atoms with van der Waals surface area (Å²) in [5, 5.41) is 6.10. The van der Waals surface area contributed by atoms with E-state index in [1.54, 1.807) is 0 Å². The molecular formula is C15H24N2O2. The zero-order chi connectivity index (χ0) is 14.3. The largest absolute Gasteiger partial charge is 0.494 e. The first-order valence-electron chi connectivity index (χ1n) is 6.79. The molecule has 0 heterocycles. The topological polar surface area (TPSA) is 50.4 Å². The lowest BCUT2D eigenvalue weighted by atomic mass is 10.2. The monoisotopic (exact) mass is 264 g/mol. The van der Waals surface area contributed by atoms with Crippen LogP contribution in [0.5, 0.6) is 5.75 Å². The average Bonchev–Trinajstić information content (AvgIpc) is 2.37. The molecule has 4 heteroatoms. The molecule has 1 atom stereocenters. The third kappa shape index (κ3) is 5.30.